The standard InChI is InChI=1S/C19H20N2O4/c1-13-5-6-16-14(9-19(23)25-17(16)8-13)11-21(2)12-18(22)20-10-15-4-3-7-24-15/h3-9H,10-12H2,1-2H3,(H,20,22). The maximum absolute atomic E-state index is 12.0. The highest BCUT2D eigenvalue weighted by Crippen LogP contribution is 2.19. The molecule has 2 aromatic heterocycles. The number of hydrogen-bond donors (Lipinski definition) is 1. The highest BCUT2D eigenvalue weighted by atomic mass is 16.4. The predicted molar refractivity (Wildman–Crippen MR) is 94.1 cm³/mol. The molecule has 0 radical (unpaired) electrons. The van der Waals surface area contributed by atoms with Crippen LogP contribution in [-0.4, -0.2) is 24.4 Å². The first kappa shape index (κ1) is 17.0. The van der Waals surface area contributed by atoms with Gasteiger partial charge in [0.25, 0.3) is 0 Å². The molecule has 3 aromatic rings. The molecule has 25 heavy (non-hydrogen) atoms. The lowest BCUT2D eigenvalue weighted by atomic mass is 10.1. The molecular formula is C19H20N2O4. The van der Waals surface area contributed by atoms with Crippen molar-refractivity contribution in [1.29, 1.82) is 0 Å². The highest BCUT2D eigenvalue weighted by molar-refractivity contribution is 5.81. The first-order valence-corrected chi connectivity index (χ1v) is 8.02. The first-order valence-electron chi connectivity index (χ1n) is 8.02. The summed E-state index contributed by atoms with van der Waals surface area (Å²) in [6, 6.07) is 10.8. The molecule has 0 atom stereocenters. The summed E-state index contributed by atoms with van der Waals surface area (Å²) in [7, 11) is 1.83. The van der Waals surface area contributed by atoms with Gasteiger partial charge in [-0.3, -0.25) is 9.69 Å². The molecule has 2 heterocycles. The number of nitrogens with one attached hydrogen (secondary N) is 1. The second-order valence-corrected chi connectivity index (χ2v) is 6.12. The number of aryl methyl sites for hydroxylation is 1. The molecule has 0 fully saturated rings. The molecule has 0 unspecified atom stereocenters. The zero-order valence-electron chi connectivity index (χ0n) is 14.2. The van der Waals surface area contributed by atoms with Gasteiger partial charge < -0.3 is 14.2 Å². The van der Waals surface area contributed by atoms with Crippen LogP contribution in [0, 0.1) is 6.92 Å². The second kappa shape index (κ2) is 7.36. The molecule has 0 spiro atoms. The molecule has 1 N–H and O–H groups in total. The Labute approximate surface area is 145 Å². The van der Waals surface area contributed by atoms with Crippen LogP contribution in [0.15, 0.2) is 56.3 Å². The number of carbonyl (C=O) groups excluding carboxylic acids is 1. The van der Waals surface area contributed by atoms with E-state index in [1.807, 2.05) is 37.1 Å². The van der Waals surface area contributed by atoms with Crippen LogP contribution in [0.25, 0.3) is 11.0 Å². The van der Waals surface area contributed by atoms with Gasteiger partial charge in [0.2, 0.25) is 5.91 Å². The summed E-state index contributed by atoms with van der Waals surface area (Å²) in [6.07, 6.45) is 1.57. The van der Waals surface area contributed by atoms with Gasteiger partial charge in [-0.2, -0.15) is 0 Å². The number of furan rings is 1. The van der Waals surface area contributed by atoms with Gasteiger partial charge in [0, 0.05) is 18.0 Å². The average molecular weight is 340 g/mol. The minimum atomic E-state index is -0.385. The van der Waals surface area contributed by atoms with Crippen molar-refractivity contribution in [3.63, 3.8) is 0 Å². The average Bonchev–Trinajstić information content (AvgIpc) is 3.05. The lowest BCUT2D eigenvalue weighted by Crippen LogP contribution is -2.34. The molecule has 3 rings (SSSR count). The van der Waals surface area contributed by atoms with E-state index in [2.05, 4.69) is 5.32 Å². The van der Waals surface area contributed by atoms with Gasteiger partial charge in [-0.15, -0.1) is 0 Å². The molecular weight excluding hydrogens is 320 g/mol. The SMILES string of the molecule is Cc1ccc2c(CN(C)CC(=O)NCc3ccco3)cc(=O)oc2c1. The minimum absolute atomic E-state index is 0.109. The maximum atomic E-state index is 12.0. The Bertz CT molecular complexity index is 928. The van der Waals surface area contributed by atoms with Crippen molar-refractivity contribution in [3.8, 4) is 0 Å². The molecule has 0 saturated carbocycles. The summed E-state index contributed by atoms with van der Waals surface area (Å²) in [5, 5.41) is 3.69. The van der Waals surface area contributed by atoms with Gasteiger partial charge in [0.15, 0.2) is 0 Å². The van der Waals surface area contributed by atoms with Crippen LogP contribution in [0.3, 0.4) is 0 Å². The van der Waals surface area contributed by atoms with Crippen LogP contribution in [0.5, 0.6) is 0 Å². The third-order valence-corrected chi connectivity index (χ3v) is 3.88. The number of hydrogen-bond acceptors (Lipinski definition) is 5. The van der Waals surface area contributed by atoms with E-state index in [9.17, 15) is 9.59 Å². The summed E-state index contributed by atoms with van der Waals surface area (Å²) >= 11 is 0. The van der Waals surface area contributed by atoms with E-state index >= 15 is 0 Å². The number of nitrogens with zero attached hydrogens (tertiary/aromatic N) is 1. The molecule has 1 aromatic carbocycles. The van der Waals surface area contributed by atoms with Crippen LogP contribution < -0.4 is 10.9 Å². The van der Waals surface area contributed by atoms with Crippen LogP contribution in [0.4, 0.5) is 0 Å². The minimum Gasteiger partial charge on any atom is -0.467 e. The van der Waals surface area contributed by atoms with Gasteiger partial charge in [0.1, 0.15) is 11.3 Å². The number of fused-ring (bicyclic) bond motifs is 1. The number of carbonyl (C=O) groups is 1. The Kier molecular flexibility index (Phi) is 5.00. The Morgan fingerprint density at radius 3 is 2.84 bits per heavy atom. The summed E-state index contributed by atoms with van der Waals surface area (Å²) in [5.74, 6) is 0.597. The fourth-order valence-corrected chi connectivity index (χ4v) is 2.71. The van der Waals surface area contributed by atoms with Crippen LogP contribution in [-0.2, 0) is 17.9 Å². The van der Waals surface area contributed by atoms with Crippen LogP contribution in [0.2, 0.25) is 0 Å². The zero-order chi connectivity index (χ0) is 17.8. The molecule has 0 bridgehead atoms. The number of amides is 1. The molecule has 0 aliphatic carbocycles. The molecule has 0 aliphatic rings. The Morgan fingerprint density at radius 2 is 2.08 bits per heavy atom. The topological polar surface area (TPSA) is 75.7 Å². The monoisotopic (exact) mass is 340 g/mol. The van der Waals surface area contributed by atoms with Crippen LogP contribution >= 0.6 is 0 Å². The lowest BCUT2D eigenvalue weighted by molar-refractivity contribution is -0.122. The third kappa shape index (κ3) is 4.36. The Balaban J connectivity index is 1.66. The Morgan fingerprint density at radius 1 is 1.24 bits per heavy atom. The van der Waals surface area contributed by atoms with E-state index in [1.54, 1.807) is 18.4 Å². The van der Waals surface area contributed by atoms with Gasteiger partial charge in [0.05, 0.1) is 19.4 Å². The van der Waals surface area contributed by atoms with Gasteiger partial charge >= 0.3 is 5.63 Å². The fourth-order valence-electron chi connectivity index (χ4n) is 2.71. The van der Waals surface area contributed by atoms with Crippen molar-refractivity contribution in [1.82, 2.24) is 10.2 Å². The molecule has 0 aliphatic heterocycles. The lowest BCUT2D eigenvalue weighted by Gasteiger charge is -2.17. The molecule has 130 valence electrons. The summed E-state index contributed by atoms with van der Waals surface area (Å²) in [6.45, 7) is 2.99. The van der Waals surface area contributed by atoms with Crippen LogP contribution in [0.1, 0.15) is 16.9 Å². The summed E-state index contributed by atoms with van der Waals surface area (Å²) in [5.41, 5.74) is 2.05. The van der Waals surface area contributed by atoms with Crippen molar-refractivity contribution in [2.75, 3.05) is 13.6 Å². The zero-order valence-corrected chi connectivity index (χ0v) is 14.2. The molecule has 0 saturated heterocycles. The fraction of sp³-hybridized carbons (Fsp3) is 0.263. The summed E-state index contributed by atoms with van der Waals surface area (Å²) in [4.78, 5) is 25.7. The smallest absolute Gasteiger partial charge is 0.336 e. The van der Waals surface area contributed by atoms with Crippen molar-refractivity contribution >= 4 is 16.9 Å². The van der Waals surface area contributed by atoms with E-state index in [-0.39, 0.29) is 18.1 Å². The van der Waals surface area contributed by atoms with Crippen molar-refractivity contribution < 1.29 is 13.6 Å². The first-order chi connectivity index (χ1) is 12.0. The normalized spacial score (nSPS) is 11.2. The predicted octanol–water partition coefficient (Wildman–Crippen LogP) is 2.44. The van der Waals surface area contributed by atoms with E-state index in [4.69, 9.17) is 8.83 Å². The number of likely N-dealkylation sites (N-methyl/N-ethyl adjacent to an activating group) is 1. The van der Waals surface area contributed by atoms with Gasteiger partial charge in [-0.05, 0) is 43.3 Å². The summed E-state index contributed by atoms with van der Waals surface area (Å²) < 4.78 is 10.4. The van der Waals surface area contributed by atoms with Crippen molar-refractivity contribution in [2.24, 2.45) is 0 Å². The van der Waals surface area contributed by atoms with Gasteiger partial charge in [-0.25, -0.2) is 4.79 Å². The Hall–Kier alpha value is -2.86. The van der Waals surface area contributed by atoms with E-state index < -0.39 is 0 Å². The maximum Gasteiger partial charge on any atom is 0.336 e. The number of rotatable bonds is 6. The van der Waals surface area contributed by atoms with E-state index in [0.29, 0.717) is 24.4 Å². The highest BCUT2D eigenvalue weighted by Gasteiger charge is 2.11. The number of benzene rings is 1. The third-order valence-electron chi connectivity index (χ3n) is 3.88. The largest absolute Gasteiger partial charge is 0.467 e. The molecule has 6 nitrogen and oxygen atoms in total. The van der Waals surface area contributed by atoms with E-state index in [1.165, 1.54) is 6.07 Å². The van der Waals surface area contributed by atoms with Crippen molar-refractivity contribution in [2.45, 2.75) is 20.0 Å². The van der Waals surface area contributed by atoms with Gasteiger partial charge in [-0.1, -0.05) is 12.1 Å². The quantitative estimate of drug-likeness (QED) is 0.698. The second-order valence-electron chi connectivity index (χ2n) is 6.12. The van der Waals surface area contributed by atoms with E-state index in [0.717, 1.165) is 16.5 Å². The van der Waals surface area contributed by atoms with Crippen molar-refractivity contribution in [3.05, 3.63) is 70.0 Å². The molecule has 1 amide bonds. The molecule has 6 heteroatoms.